The molecule has 3 aromatic heterocycles. The lowest BCUT2D eigenvalue weighted by molar-refractivity contribution is -0.137. The molecule has 13 heteroatoms. The minimum atomic E-state index is -4.61. The van der Waals surface area contributed by atoms with Crippen LogP contribution in [0.3, 0.4) is 0 Å². The number of rotatable bonds is 7. The molecule has 5 rings (SSSR count). The number of amides is 1. The molecule has 40 heavy (non-hydrogen) atoms. The minimum absolute atomic E-state index is 0.0153. The summed E-state index contributed by atoms with van der Waals surface area (Å²) in [5.41, 5.74) is 2.62. The Hall–Kier alpha value is -5.33. The number of aromatic amines is 1. The number of carbonyl (C=O) groups is 1. The second-order valence-corrected chi connectivity index (χ2v) is 8.90. The number of H-pyrrole nitrogens is 1. The molecule has 3 N–H and O–H groups in total. The maximum atomic E-state index is 13.6. The number of carbonyl (C=O) groups excluding carboxylic acids is 1. The maximum absolute atomic E-state index is 13.6. The first kappa shape index (κ1) is 26.3. The lowest BCUT2D eigenvalue weighted by atomic mass is 10.1. The molecule has 0 unspecified atom stereocenters. The maximum Gasteiger partial charge on any atom is 0.416 e. The predicted octanol–water partition coefficient (Wildman–Crippen LogP) is 5.39. The van der Waals surface area contributed by atoms with Gasteiger partial charge in [0.25, 0.3) is 5.91 Å². The standard InChI is InChI=1S/C27H22F3N9O/c1-16-5-6-18(8-24(16)39-14-23(36-37-39)22-12-32-25(35-22)4-3-7-31)26(40)34-20-9-19(27(28,29)30)10-21(11-20)38-13-17(2)33-15-38/h3-15,31H,1-2H3,(H,32,35)(H,34,40)/b4-3-,31-7?. The molecule has 1 amide bonds. The number of nitrogens with one attached hydrogen (secondary N) is 3. The van der Waals surface area contributed by atoms with E-state index in [1.165, 1.54) is 27.7 Å². The van der Waals surface area contributed by atoms with Crippen LogP contribution in [-0.4, -0.2) is 46.6 Å². The Kier molecular flexibility index (Phi) is 6.86. The normalized spacial score (nSPS) is 11.7. The van der Waals surface area contributed by atoms with Gasteiger partial charge in [-0.1, -0.05) is 11.3 Å². The van der Waals surface area contributed by atoms with Crippen molar-refractivity contribution < 1.29 is 18.0 Å². The molecule has 0 spiro atoms. The van der Waals surface area contributed by atoms with Crippen molar-refractivity contribution in [2.45, 2.75) is 20.0 Å². The molecule has 202 valence electrons. The van der Waals surface area contributed by atoms with E-state index in [-0.39, 0.29) is 16.9 Å². The number of benzene rings is 2. The SMILES string of the molecule is Cc1cn(-c2cc(NC(=O)c3ccc(C)c(-n4cc(-c5cnc(/C=C\C=N)[nH]5)nn4)c3)cc(C(F)(F)F)c2)cn1. The van der Waals surface area contributed by atoms with Gasteiger partial charge in [0.2, 0.25) is 0 Å². The Morgan fingerprint density at radius 1 is 1.10 bits per heavy atom. The minimum Gasteiger partial charge on any atom is -0.337 e. The molecule has 0 fully saturated rings. The number of nitrogens with zero attached hydrogens (tertiary/aromatic N) is 6. The van der Waals surface area contributed by atoms with Gasteiger partial charge in [-0.25, -0.2) is 14.6 Å². The van der Waals surface area contributed by atoms with Gasteiger partial charge < -0.3 is 20.3 Å². The fourth-order valence-corrected chi connectivity index (χ4v) is 3.95. The van der Waals surface area contributed by atoms with Gasteiger partial charge in [-0.15, -0.1) is 5.10 Å². The molecule has 0 bridgehead atoms. The van der Waals surface area contributed by atoms with E-state index in [0.717, 1.165) is 23.9 Å². The van der Waals surface area contributed by atoms with E-state index in [1.54, 1.807) is 49.8 Å². The van der Waals surface area contributed by atoms with Crippen molar-refractivity contribution in [3.05, 3.63) is 95.6 Å². The molecule has 0 saturated carbocycles. The molecule has 5 aromatic rings. The molecule has 0 aliphatic carbocycles. The zero-order valence-electron chi connectivity index (χ0n) is 21.2. The zero-order valence-corrected chi connectivity index (χ0v) is 21.2. The zero-order chi connectivity index (χ0) is 28.4. The summed E-state index contributed by atoms with van der Waals surface area (Å²) in [5, 5.41) is 18.0. The molecule has 0 saturated heterocycles. The molecule has 3 heterocycles. The van der Waals surface area contributed by atoms with Crippen LogP contribution < -0.4 is 5.32 Å². The Bertz CT molecular complexity index is 1740. The lowest BCUT2D eigenvalue weighted by Gasteiger charge is -2.14. The van der Waals surface area contributed by atoms with Crippen LogP contribution in [0.1, 0.15) is 33.0 Å². The molecule has 0 radical (unpaired) electrons. The highest BCUT2D eigenvalue weighted by Crippen LogP contribution is 2.33. The lowest BCUT2D eigenvalue weighted by Crippen LogP contribution is -2.15. The highest BCUT2D eigenvalue weighted by Gasteiger charge is 2.31. The van der Waals surface area contributed by atoms with E-state index in [1.807, 2.05) is 6.92 Å². The molecule has 10 nitrogen and oxygen atoms in total. The Morgan fingerprint density at radius 2 is 1.93 bits per heavy atom. The first-order chi connectivity index (χ1) is 19.1. The van der Waals surface area contributed by atoms with Crippen molar-refractivity contribution in [1.82, 2.24) is 34.5 Å². The summed E-state index contributed by atoms with van der Waals surface area (Å²) < 4.78 is 43.8. The smallest absolute Gasteiger partial charge is 0.337 e. The summed E-state index contributed by atoms with van der Waals surface area (Å²) in [6.45, 7) is 3.56. The average Bonchev–Trinajstić information content (AvgIpc) is 3.68. The van der Waals surface area contributed by atoms with Crippen LogP contribution in [0, 0.1) is 19.3 Å². The fourth-order valence-electron chi connectivity index (χ4n) is 3.95. The summed E-state index contributed by atoms with van der Waals surface area (Å²) in [6.07, 6.45) is 5.94. The van der Waals surface area contributed by atoms with E-state index in [4.69, 9.17) is 5.41 Å². The van der Waals surface area contributed by atoms with Crippen molar-refractivity contribution >= 4 is 23.9 Å². The summed E-state index contributed by atoms with van der Waals surface area (Å²) in [6, 6.07) is 8.21. The third-order valence-corrected chi connectivity index (χ3v) is 5.95. The van der Waals surface area contributed by atoms with Gasteiger partial charge in [0.1, 0.15) is 11.5 Å². The number of imidazole rings is 2. The Balaban J connectivity index is 1.42. The highest BCUT2D eigenvalue weighted by molar-refractivity contribution is 6.04. The highest BCUT2D eigenvalue weighted by atomic mass is 19.4. The van der Waals surface area contributed by atoms with Crippen LogP contribution >= 0.6 is 0 Å². The van der Waals surface area contributed by atoms with E-state index in [0.29, 0.717) is 28.6 Å². The van der Waals surface area contributed by atoms with Crippen LogP contribution in [0.15, 0.2) is 67.4 Å². The van der Waals surface area contributed by atoms with Crippen LogP contribution in [0.4, 0.5) is 18.9 Å². The second-order valence-electron chi connectivity index (χ2n) is 8.90. The molecule has 2 aromatic carbocycles. The van der Waals surface area contributed by atoms with Crippen molar-refractivity contribution in [3.63, 3.8) is 0 Å². The number of aryl methyl sites for hydroxylation is 2. The topological polar surface area (TPSA) is 130 Å². The van der Waals surface area contributed by atoms with E-state index < -0.39 is 17.6 Å². The first-order valence-corrected chi connectivity index (χ1v) is 11.9. The van der Waals surface area contributed by atoms with Gasteiger partial charge in [0, 0.05) is 29.3 Å². The number of halogens is 3. The Morgan fingerprint density at radius 3 is 2.65 bits per heavy atom. The van der Waals surface area contributed by atoms with Crippen molar-refractivity contribution in [3.8, 4) is 22.8 Å². The first-order valence-electron chi connectivity index (χ1n) is 11.9. The van der Waals surface area contributed by atoms with E-state index in [2.05, 4.69) is 30.6 Å². The van der Waals surface area contributed by atoms with Gasteiger partial charge in [-0.05, 0) is 61.9 Å². The van der Waals surface area contributed by atoms with Crippen LogP contribution in [0.5, 0.6) is 0 Å². The second kappa shape index (κ2) is 10.4. The van der Waals surface area contributed by atoms with Crippen molar-refractivity contribution in [2.75, 3.05) is 5.32 Å². The number of alkyl halides is 3. The number of allylic oxidation sites excluding steroid dienone is 1. The quantitative estimate of drug-likeness (QED) is 0.236. The Labute approximate surface area is 225 Å². The fraction of sp³-hybridized carbons (Fsp3) is 0.111. The third-order valence-electron chi connectivity index (χ3n) is 5.95. The number of aromatic nitrogens is 7. The van der Waals surface area contributed by atoms with Crippen molar-refractivity contribution in [1.29, 1.82) is 5.41 Å². The summed E-state index contributed by atoms with van der Waals surface area (Å²) >= 11 is 0. The van der Waals surface area contributed by atoms with Gasteiger partial charge in [0.05, 0.1) is 41.4 Å². The largest absolute Gasteiger partial charge is 0.416 e. The van der Waals surface area contributed by atoms with Crippen LogP contribution in [-0.2, 0) is 6.18 Å². The average molecular weight is 546 g/mol. The van der Waals surface area contributed by atoms with Crippen LogP contribution in [0.25, 0.3) is 28.8 Å². The van der Waals surface area contributed by atoms with Crippen molar-refractivity contribution in [2.24, 2.45) is 0 Å². The van der Waals surface area contributed by atoms with Crippen LogP contribution in [0.2, 0.25) is 0 Å². The molecular formula is C27H22F3N9O. The molecule has 0 aliphatic rings. The van der Waals surface area contributed by atoms with Gasteiger partial charge in [-0.2, -0.15) is 13.2 Å². The summed E-state index contributed by atoms with van der Waals surface area (Å²) in [4.78, 5) is 24.5. The van der Waals surface area contributed by atoms with E-state index in [9.17, 15) is 18.0 Å². The van der Waals surface area contributed by atoms with Gasteiger partial charge in [-0.3, -0.25) is 4.79 Å². The van der Waals surface area contributed by atoms with E-state index >= 15 is 0 Å². The van der Waals surface area contributed by atoms with Gasteiger partial charge >= 0.3 is 6.18 Å². The molecular weight excluding hydrogens is 523 g/mol. The third kappa shape index (κ3) is 5.57. The number of anilines is 1. The van der Waals surface area contributed by atoms with Gasteiger partial charge in [0.15, 0.2) is 0 Å². The summed E-state index contributed by atoms with van der Waals surface area (Å²) in [7, 11) is 0. The molecule has 0 aliphatic heterocycles. The number of hydrogen-bond donors (Lipinski definition) is 3. The predicted molar refractivity (Wildman–Crippen MR) is 143 cm³/mol. The number of hydrogen-bond acceptors (Lipinski definition) is 6. The molecule has 0 atom stereocenters. The monoisotopic (exact) mass is 545 g/mol. The summed E-state index contributed by atoms with van der Waals surface area (Å²) in [5.74, 6) is -0.0475.